The van der Waals surface area contributed by atoms with E-state index in [1.54, 1.807) is 12.1 Å². The minimum atomic E-state index is 0.0232. The Bertz CT molecular complexity index is 767. The molecule has 1 aliphatic heterocycles. The normalized spacial score (nSPS) is 20.0. The highest BCUT2D eigenvalue weighted by atomic mass is 16.2. The van der Waals surface area contributed by atoms with E-state index in [9.17, 15) is 9.59 Å². The van der Waals surface area contributed by atoms with Crippen molar-refractivity contribution in [1.82, 2.24) is 19.9 Å². The van der Waals surface area contributed by atoms with Gasteiger partial charge < -0.3 is 4.90 Å². The molecule has 2 aliphatic rings. The lowest BCUT2D eigenvalue weighted by molar-refractivity contribution is -0.130. The summed E-state index contributed by atoms with van der Waals surface area (Å²) in [6.45, 7) is 1.38. The van der Waals surface area contributed by atoms with E-state index in [0.717, 1.165) is 18.7 Å². The van der Waals surface area contributed by atoms with Crippen LogP contribution in [-0.2, 0) is 4.79 Å². The Morgan fingerprint density at radius 1 is 1.08 bits per heavy atom. The molecule has 2 aromatic rings. The van der Waals surface area contributed by atoms with Crippen LogP contribution in [0.3, 0.4) is 0 Å². The fourth-order valence-corrected chi connectivity index (χ4v) is 3.37. The smallest absolute Gasteiger partial charge is 0.223 e. The van der Waals surface area contributed by atoms with E-state index in [-0.39, 0.29) is 30.6 Å². The summed E-state index contributed by atoms with van der Waals surface area (Å²) in [6.07, 6.45) is 5.89. The summed E-state index contributed by atoms with van der Waals surface area (Å²) < 4.78 is 1.91. The van der Waals surface area contributed by atoms with E-state index in [1.165, 1.54) is 12.8 Å². The molecule has 6 heteroatoms. The molecule has 4 rings (SSSR count). The van der Waals surface area contributed by atoms with Crippen LogP contribution >= 0.6 is 0 Å². The van der Waals surface area contributed by atoms with Crippen LogP contribution in [0.2, 0.25) is 0 Å². The Kier molecular flexibility index (Phi) is 4.34. The standard InChI is InChI=1S/C19H22N4O2/c24-18(15-4-2-1-3-5-15)8-9-19(25)22-11-10-16(12-22)23-13-17(20-21-23)14-6-7-14/h1-5,13-14,16H,6-12H2. The number of aromatic nitrogens is 3. The molecule has 0 spiro atoms. The van der Waals surface area contributed by atoms with Crippen molar-refractivity contribution in [3.8, 4) is 0 Å². The quantitative estimate of drug-likeness (QED) is 0.759. The van der Waals surface area contributed by atoms with Gasteiger partial charge in [-0.1, -0.05) is 35.5 Å². The van der Waals surface area contributed by atoms with E-state index in [0.29, 0.717) is 18.0 Å². The summed E-state index contributed by atoms with van der Waals surface area (Å²) in [5, 5.41) is 8.49. The molecule has 1 aromatic heterocycles. The van der Waals surface area contributed by atoms with Gasteiger partial charge in [0, 0.05) is 43.6 Å². The second-order valence-electron chi connectivity index (χ2n) is 6.97. The Hall–Kier alpha value is -2.50. The van der Waals surface area contributed by atoms with Crippen LogP contribution in [0.4, 0.5) is 0 Å². The molecular weight excluding hydrogens is 316 g/mol. The van der Waals surface area contributed by atoms with Gasteiger partial charge in [0.2, 0.25) is 5.91 Å². The van der Waals surface area contributed by atoms with E-state index >= 15 is 0 Å². The number of hydrogen-bond donors (Lipinski definition) is 0. The number of Topliss-reactive ketones (excluding diaryl/α,β-unsaturated/α-hetero) is 1. The summed E-state index contributed by atoms with van der Waals surface area (Å²) in [4.78, 5) is 26.4. The molecule has 1 saturated heterocycles. The molecule has 1 aromatic carbocycles. The van der Waals surface area contributed by atoms with Crippen LogP contribution in [0.15, 0.2) is 36.5 Å². The van der Waals surface area contributed by atoms with Crippen LogP contribution in [0.25, 0.3) is 0 Å². The van der Waals surface area contributed by atoms with Gasteiger partial charge in [-0.3, -0.25) is 9.59 Å². The molecule has 130 valence electrons. The first kappa shape index (κ1) is 16.0. The largest absolute Gasteiger partial charge is 0.340 e. The van der Waals surface area contributed by atoms with E-state index in [2.05, 4.69) is 10.3 Å². The van der Waals surface area contributed by atoms with Crippen molar-refractivity contribution >= 4 is 11.7 Å². The van der Waals surface area contributed by atoms with Crippen molar-refractivity contribution in [2.75, 3.05) is 13.1 Å². The van der Waals surface area contributed by atoms with Gasteiger partial charge >= 0.3 is 0 Å². The third-order valence-corrected chi connectivity index (χ3v) is 5.08. The Labute approximate surface area is 146 Å². The predicted molar refractivity (Wildman–Crippen MR) is 92.2 cm³/mol. The first-order valence-corrected chi connectivity index (χ1v) is 8.98. The van der Waals surface area contributed by atoms with Gasteiger partial charge in [-0.2, -0.15) is 0 Å². The zero-order valence-electron chi connectivity index (χ0n) is 14.2. The highest BCUT2D eigenvalue weighted by molar-refractivity contribution is 5.97. The molecule has 1 saturated carbocycles. The first-order chi connectivity index (χ1) is 12.2. The fraction of sp³-hybridized carbons (Fsp3) is 0.474. The van der Waals surface area contributed by atoms with Crippen LogP contribution in [0, 0.1) is 0 Å². The number of nitrogens with zero attached hydrogens (tertiary/aromatic N) is 4. The maximum absolute atomic E-state index is 12.4. The van der Waals surface area contributed by atoms with E-state index in [4.69, 9.17) is 0 Å². The number of benzene rings is 1. The number of likely N-dealkylation sites (tertiary alicyclic amines) is 1. The summed E-state index contributed by atoms with van der Waals surface area (Å²) in [7, 11) is 0. The monoisotopic (exact) mass is 338 g/mol. The van der Waals surface area contributed by atoms with Crippen LogP contribution in [-0.4, -0.2) is 44.7 Å². The lowest BCUT2D eigenvalue weighted by Crippen LogP contribution is -2.29. The average molecular weight is 338 g/mol. The molecule has 1 aliphatic carbocycles. The number of carbonyl (C=O) groups excluding carboxylic acids is 2. The van der Waals surface area contributed by atoms with Crippen LogP contribution in [0.5, 0.6) is 0 Å². The Balaban J connectivity index is 1.29. The Morgan fingerprint density at radius 3 is 2.64 bits per heavy atom. The molecule has 2 heterocycles. The maximum atomic E-state index is 12.4. The van der Waals surface area contributed by atoms with Gasteiger partial charge in [-0.15, -0.1) is 5.10 Å². The van der Waals surface area contributed by atoms with Gasteiger partial charge in [0.15, 0.2) is 5.78 Å². The van der Waals surface area contributed by atoms with Crippen molar-refractivity contribution in [2.45, 2.75) is 44.1 Å². The number of carbonyl (C=O) groups is 2. The van der Waals surface area contributed by atoms with E-state index in [1.807, 2.05) is 34.0 Å². The summed E-state index contributed by atoms with van der Waals surface area (Å²) in [6, 6.07) is 9.35. The highest BCUT2D eigenvalue weighted by Crippen LogP contribution is 2.39. The molecule has 6 nitrogen and oxygen atoms in total. The number of hydrogen-bond acceptors (Lipinski definition) is 4. The minimum Gasteiger partial charge on any atom is -0.340 e. The maximum Gasteiger partial charge on any atom is 0.223 e. The zero-order chi connectivity index (χ0) is 17.2. The van der Waals surface area contributed by atoms with Crippen molar-refractivity contribution in [3.05, 3.63) is 47.8 Å². The third kappa shape index (κ3) is 3.62. The summed E-state index contributed by atoms with van der Waals surface area (Å²) >= 11 is 0. The summed E-state index contributed by atoms with van der Waals surface area (Å²) in [5.74, 6) is 0.668. The molecule has 0 N–H and O–H groups in total. The van der Waals surface area contributed by atoms with Crippen LogP contribution in [0.1, 0.15) is 60.1 Å². The summed E-state index contributed by atoms with van der Waals surface area (Å²) in [5.41, 5.74) is 1.75. The lowest BCUT2D eigenvalue weighted by Gasteiger charge is -2.16. The number of amides is 1. The van der Waals surface area contributed by atoms with Gasteiger partial charge in [0.1, 0.15) is 0 Å². The molecule has 25 heavy (non-hydrogen) atoms. The van der Waals surface area contributed by atoms with Crippen molar-refractivity contribution in [3.63, 3.8) is 0 Å². The Morgan fingerprint density at radius 2 is 1.88 bits per heavy atom. The second kappa shape index (κ2) is 6.78. The molecule has 1 amide bonds. The SMILES string of the molecule is O=C(CCC(=O)N1CCC(n2cc(C3CC3)nn2)C1)c1ccccc1. The van der Waals surface area contributed by atoms with E-state index < -0.39 is 0 Å². The second-order valence-corrected chi connectivity index (χ2v) is 6.97. The molecule has 0 bridgehead atoms. The molecule has 0 radical (unpaired) electrons. The average Bonchev–Trinajstić information content (AvgIpc) is 3.18. The molecular formula is C19H22N4O2. The van der Waals surface area contributed by atoms with Crippen molar-refractivity contribution in [2.24, 2.45) is 0 Å². The molecule has 1 atom stereocenters. The fourth-order valence-electron chi connectivity index (χ4n) is 3.37. The van der Waals surface area contributed by atoms with Gasteiger partial charge in [0.05, 0.1) is 11.7 Å². The van der Waals surface area contributed by atoms with Crippen LogP contribution < -0.4 is 0 Å². The number of ketones is 1. The third-order valence-electron chi connectivity index (χ3n) is 5.08. The zero-order valence-corrected chi connectivity index (χ0v) is 14.2. The van der Waals surface area contributed by atoms with Crippen molar-refractivity contribution in [1.29, 1.82) is 0 Å². The molecule has 1 unspecified atom stereocenters. The topological polar surface area (TPSA) is 68.1 Å². The van der Waals surface area contributed by atoms with Gasteiger partial charge in [-0.05, 0) is 19.3 Å². The van der Waals surface area contributed by atoms with Crippen molar-refractivity contribution < 1.29 is 9.59 Å². The number of rotatable bonds is 6. The van der Waals surface area contributed by atoms with Gasteiger partial charge in [0.25, 0.3) is 0 Å². The first-order valence-electron chi connectivity index (χ1n) is 8.98. The highest BCUT2D eigenvalue weighted by Gasteiger charge is 2.31. The lowest BCUT2D eigenvalue weighted by atomic mass is 10.1. The van der Waals surface area contributed by atoms with Gasteiger partial charge in [-0.25, -0.2) is 4.68 Å². The predicted octanol–water partition coefficient (Wildman–Crippen LogP) is 2.59. The molecule has 2 fully saturated rings. The minimum absolute atomic E-state index is 0.0232.